The Labute approximate surface area is 524 Å². The molecule has 88 heavy (non-hydrogen) atoms. The van der Waals surface area contributed by atoms with E-state index in [1.807, 2.05) is 13.8 Å². The summed E-state index contributed by atoms with van der Waals surface area (Å²) >= 11 is 6.78. The number of aliphatic carboxylic acids is 2. The number of ether oxygens (including phenoxy) is 2. The molecule has 0 radical (unpaired) electrons. The Balaban J connectivity index is 1.04. The van der Waals surface area contributed by atoms with Gasteiger partial charge in [-0.15, -0.1) is 68.0 Å². The van der Waals surface area contributed by atoms with Gasteiger partial charge in [-0.2, -0.15) is 0 Å². The van der Waals surface area contributed by atoms with Crippen LogP contribution >= 0.6 is 68.0 Å². The fourth-order valence-corrected chi connectivity index (χ4v) is 15.1. The molecule has 6 amide bonds. The molecule has 6 atom stereocenters. The van der Waals surface area contributed by atoms with Crippen LogP contribution in [-0.2, 0) is 35.3 Å². The second-order valence-corrected chi connectivity index (χ2v) is 26.3. The summed E-state index contributed by atoms with van der Waals surface area (Å²) < 4.78 is 11.0. The molecule has 32 heteroatoms. The van der Waals surface area contributed by atoms with Crippen molar-refractivity contribution in [2.45, 2.75) is 83.4 Å². The van der Waals surface area contributed by atoms with Gasteiger partial charge < -0.3 is 51.4 Å². The minimum atomic E-state index is -1.36. The van der Waals surface area contributed by atoms with Crippen molar-refractivity contribution < 1.29 is 63.1 Å². The van der Waals surface area contributed by atoms with Gasteiger partial charge in [0, 0.05) is 46.1 Å². The van der Waals surface area contributed by atoms with Gasteiger partial charge in [0.15, 0.2) is 0 Å². The molecule has 8 aromatic rings. The smallest absolute Gasteiger partial charge is 0.416 e. The summed E-state index contributed by atoms with van der Waals surface area (Å²) in [6, 6.07) is 9.07. The fraction of sp³-hybridized carbons (Fsp3) is 0.339. The number of nitrogens with zero attached hydrogens (tertiary/aromatic N) is 8. The number of carboxylic acid groups (broad SMARTS) is 2. The highest BCUT2D eigenvalue weighted by Gasteiger charge is 2.36. The van der Waals surface area contributed by atoms with E-state index < -0.39 is 96.9 Å². The van der Waals surface area contributed by atoms with Crippen molar-refractivity contribution in [1.29, 1.82) is 0 Å². The van der Waals surface area contributed by atoms with E-state index >= 15 is 0 Å². The molecule has 1 aromatic carbocycles. The zero-order valence-electron chi connectivity index (χ0n) is 47.3. The number of pyridine rings is 1. The molecular formula is C56H55N13O13S6. The Kier molecular flexibility index (Phi) is 19.5. The number of aliphatic hydroxyl groups is 1. The average Bonchev–Trinajstić information content (AvgIpc) is 2.64. The number of anilines is 1. The zero-order chi connectivity index (χ0) is 62.5. The van der Waals surface area contributed by atoms with Gasteiger partial charge in [-0.3, -0.25) is 33.6 Å². The molecule has 458 valence electrons. The number of hydrogen-bond donors (Lipinski definition) is 8. The molecule has 2 aliphatic rings. The van der Waals surface area contributed by atoms with Crippen molar-refractivity contribution in [3.05, 3.63) is 111 Å². The molecule has 7 aromatic heterocycles. The Morgan fingerprint density at radius 2 is 1.43 bits per heavy atom. The zero-order valence-corrected chi connectivity index (χ0v) is 52.2. The molecule has 26 nitrogen and oxygen atoms in total. The Hall–Kier alpha value is -8.37. The Bertz CT molecular complexity index is 3950. The lowest BCUT2D eigenvalue weighted by Crippen LogP contribution is -2.40. The molecule has 0 spiro atoms. The molecule has 1 aliphatic carbocycles. The maximum Gasteiger partial charge on any atom is 0.416 e. The van der Waals surface area contributed by atoms with Crippen LogP contribution in [0.3, 0.4) is 0 Å². The molecule has 10 rings (SSSR count). The highest BCUT2D eigenvalue weighted by atomic mass is 32.1. The lowest BCUT2D eigenvalue weighted by atomic mass is 10.0. The number of nitrogens with one attached hydrogen (secondary N) is 5. The van der Waals surface area contributed by atoms with Crippen LogP contribution in [0.5, 0.6) is 0 Å². The van der Waals surface area contributed by atoms with Gasteiger partial charge in [0.05, 0.1) is 48.1 Å². The lowest BCUT2D eigenvalue weighted by molar-refractivity contribution is -0.141. The summed E-state index contributed by atoms with van der Waals surface area (Å²) in [6.45, 7) is 4.04. The first-order valence-electron chi connectivity index (χ1n) is 27.1. The first kappa shape index (κ1) is 62.7. The van der Waals surface area contributed by atoms with Gasteiger partial charge in [-0.25, -0.2) is 44.6 Å². The SMILES string of the molecule is CNC(=O)C[C@@H]1NC(=O)c2csc(n2)-c2ccc(-c3nc(N(CC(=O)O)C(=O)O[C@H]4CC[C@H](C(=O)O)C4)cs3)nc2-c2csc(n2)-c2csc(n2)[C@H]([C@@H](O)c2ccccc2)NC(=O)CNC(=O)c2nc(sc2COC)[C@H](C(C)C)NC(=O)c2nc1sc2C. The van der Waals surface area contributed by atoms with Gasteiger partial charge in [0.1, 0.15) is 94.8 Å². The first-order valence-corrected chi connectivity index (χ1v) is 32.3. The van der Waals surface area contributed by atoms with Crippen LogP contribution < -0.4 is 31.5 Å². The third-order valence-corrected chi connectivity index (χ3v) is 19.7. The van der Waals surface area contributed by atoms with Crippen LogP contribution in [0.15, 0.2) is 64.0 Å². The quantitative estimate of drug-likeness (QED) is 0.0551. The maximum absolute atomic E-state index is 14.4. The van der Waals surface area contributed by atoms with Crippen molar-refractivity contribution in [1.82, 2.24) is 61.5 Å². The minimum absolute atomic E-state index is 0.0181. The third-order valence-electron chi connectivity index (χ3n) is 14.0. The molecule has 10 bridgehead atoms. The number of methoxy groups -OCH3 is 1. The number of rotatable bonds is 13. The normalized spacial score (nSPS) is 18.6. The minimum Gasteiger partial charge on any atom is -0.481 e. The average molecular weight is 1310 g/mol. The third kappa shape index (κ3) is 14.1. The molecule has 0 saturated heterocycles. The Morgan fingerprint density at radius 3 is 2.16 bits per heavy atom. The Morgan fingerprint density at radius 1 is 0.716 bits per heavy atom. The second-order valence-electron chi connectivity index (χ2n) is 20.5. The van der Waals surface area contributed by atoms with Gasteiger partial charge in [0.2, 0.25) is 11.8 Å². The molecule has 8 N–H and O–H groups in total. The number of thiazole rings is 6. The summed E-state index contributed by atoms with van der Waals surface area (Å²) in [4.78, 5) is 142. The monoisotopic (exact) mass is 1310 g/mol. The number of aryl methyl sites for hydroxylation is 1. The number of carbonyl (C=O) groups excluding carboxylic acids is 6. The molecular weight excluding hydrogens is 1260 g/mol. The van der Waals surface area contributed by atoms with E-state index in [1.54, 1.807) is 60.1 Å². The molecule has 8 heterocycles. The number of aromatic nitrogens is 7. The summed E-state index contributed by atoms with van der Waals surface area (Å²) in [6.07, 6.45) is -2.68. The van der Waals surface area contributed by atoms with Crippen molar-refractivity contribution >= 4 is 121 Å². The van der Waals surface area contributed by atoms with E-state index in [1.165, 1.54) is 36.3 Å². The van der Waals surface area contributed by atoms with Crippen LogP contribution in [0.4, 0.5) is 10.6 Å². The summed E-state index contributed by atoms with van der Waals surface area (Å²) in [7, 11) is 2.90. The summed E-state index contributed by atoms with van der Waals surface area (Å²) in [5, 5.41) is 53.6. The fourth-order valence-electron chi connectivity index (χ4n) is 9.55. The van der Waals surface area contributed by atoms with Gasteiger partial charge in [-0.05, 0) is 49.8 Å². The predicted molar refractivity (Wildman–Crippen MR) is 327 cm³/mol. The maximum atomic E-state index is 14.4. The van der Waals surface area contributed by atoms with Gasteiger partial charge in [-0.1, -0.05) is 44.2 Å². The standard InChI is InChI=1S/C56H55N13O13S6/c1-24(2)40-54-68-43(35(88-54)19-81-5)47(76)58-17-38(71)65-44(45(74)26-9-7-6-8-10-26)53-63-34(22-85-53)51-61-32(20-84-51)42-29(49-62-33(21-83-49)46(75)60-31(16-37(70)57-4)52-67-41(25(3)87-52)48(77)66-40)13-14-30(59-42)50-64-36(23-86-50)69(18-39(72)73)56(80)82-28-12-11-27(15-28)55(78)79/h6-10,13-14,20-24,27-28,31,40,44-45,74H,11-12,15-19H2,1-5H3,(H,57,70)(H,58,76)(H,60,75)(H,65,71)(H,66,77)(H,72,73)(H,78,79)/t27-,28-,31-,40-,44-,45-/m0/s1. The second kappa shape index (κ2) is 27.3. The van der Waals surface area contributed by atoms with Crippen molar-refractivity contribution in [2.75, 3.05) is 32.1 Å². The summed E-state index contributed by atoms with van der Waals surface area (Å²) in [5.41, 5.74) is 2.06. The number of carbonyl (C=O) groups is 8. The highest BCUT2D eigenvalue weighted by Crippen LogP contribution is 2.41. The predicted octanol–water partition coefficient (Wildman–Crippen LogP) is 7.59. The van der Waals surface area contributed by atoms with Crippen LogP contribution in [0, 0.1) is 18.8 Å². The van der Waals surface area contributed by atoms with Crippen molar-refractivity contribution in [3.63, 3.8) is 0 Å². The first-order chi connectivity index (χ1) is 42.2. The van der Waals surface area contributed by atoms with Crippen LogP contribution in [0.25, 0.3) is 43.4 Å². The summed E-state index contributed by atoms with van der Waals surface area (Å²) in [5.74, 6) is -6.46. The number of benzene rings is 1. The molecule has 0 unspecified atom stereocenters. The lowest BCUT2D eigenvalue weighted by Gasteiger charge is -2.23. The van der Waals surface area contributed by atoms with E-state index in [0.29, 0.717) is 58.7 Å². The van der Waals surface area contributed by atoms with E-state index in [-0.39, 0.29) is 76.1 Å². The number of amides is 6. The number of hydrogen-bond acceptors (Lipinski definition) is 24. The number of aliphatic hydroxyl groups excluding tert-OH is 1. The highest BCUT2D eigenvalue weighted by molar-refractivity contribution is 7.15. The molecule has 1 saturated carbocycles. The molecule has 1 aliphatic heterocycles. The largest absolute Gasteiger partial charge is 0.481 e. The van der Waals surface area contributed by atoms with E-state index in [0.717, 1.165) is 61.6 Å². The van der Waals surface area contributed by atoms with Crippen LogP contribution in [0.2, 0.25) is 0 Å². The number of carboxylic acids is 2. The van der Waals surface area contributed by atoms with Crippen LogP contribution in [0.1, 0.15) is 126 Å². The van der Waals surface area contributed by atoms with E-state index in [2.05, 4.69) is 41.5 Å². The van der Waals surface area contributed by atoms with Gasteiger partial charge in [0.25, 0.3) is 17.7 Å². The van der Waals surface area contributed by atoms with Crippen molar-refractivity contribution in [3.8, 4) is 43.4 Å². The van der Waals surface area contributed by atoms with E-state index in [4.69, 9.17) is 29.4 Å². The van der Waals surface area contributed by atoms with Crippen LogP contribution in [-0.4, -0.2) is 131 Å². The topological polar surface area (TPSA) is 369 Å². The van der Waals surface area contributed by atoms with E-state index in [9.17, 15) is 53.7 Å². The molecule has 1 fully saturated rings. The number of fused-ring (bicyclic) bond motifs is 14. The van der Waals surface area contributed by atoms with Gasteiger partial charge >= 0.3 is 18.0 Å². The van der Waals surface area contributed by atoms with Crippen molar-refractivity contribution in [2.24, 2.45) is 11.8 Å².